The molecular weight excluding hydrogens is 180 g/mol. The highest BCUT2D eigenvalue weighted by molar-refractivity contribution is 7.10. The van der Waals surface area contributed by atoms with Crippen molar-refractivity contribution in [1.29, 1.82) is 0 Å². The summed E-state index contributed by atoms with van der Waals surface area (Å²) in [6.07, 6.45) is 4.82. The van der Waals surface area contributed by atoms with Crippen LogP contribution in [-0.2, 0) is 0 Å². The van der Waals surface area contributed by atoms with Crippen LogP contribution in [0.25, 0.3) is 0 Å². The first-order valence-electron chi connectivity index (χ1n) is 5.01. The van der Waals surface area contributed by atoms with Crippen molar-refractivity contribution >= 4 is 11.3 Å². The molecule has 0 aromatic carbocycles. The van der Waals surface area contributed by atoms with E-state index >= 15 is 0 Å². The standard InChI is InChI=1S/C11H16OS/c1-8-6-7-13-11(8)10(12)9-4-2-3-5-9/h6-7,9-10,12H,2-5H2,1H3. The Morgan fingerprint density at radius 2 is 2.15 bits per heavy atom. The minimum Gasteiger partial charge on any atom is -0.387 e. The molecule has 0 radical (unpaired) electrons. The van der Waals surface area contributed by atoms with Crippen molar-refractivity contribution in [2.75, 3.05) is 0 Å². The Balaban J connectivity index is 2.12. The lowest BCUT2D eigenvalue weighted by Gasteiger charge is -2.16. The molecule has 1 saturated carbocycles. The van der Waals surface area contributed by atoms with Gasteiger partial charge in [-0.3, -0.25) is 0 Å². The Morgan fingerprint density at radius 1 is 1.46 bits per heavy atom. The van der Waals surface area contributed by atoms with Crippen molar-refractivity contribution in [2.24, 2.45) is 5.92 Å². The van der Waals surface area contributed by atoms with Crippen LogP contribution < -0.4 is 0 Å². The van der Waals surface area contributed by atoms with Crippen LogP contribution >= 0.6 is 11.3 Å². The third kappa shape index (κ3) is 1.79. The number of hydrogen-bond donors (Lipinski definition) is 1. The van der Waals surface area contributed by atoms with E-state index in [9.17, 15) is 5.11 Å². The zero-order valence-corrected chi connectivity index (χ0v) is 8.81. The largest absolute Gasteiger partial charge is 0.387 e. The van der Waals surface area contributed by atoms with Gasteiger partial charge in [0, 0.05) is 4.88 Å². The fraction of sp³-hybridized carbons (Fsp3) is 0.636. The summed E-state index contributed by atoms with van der Waals surface area (Å²) >= 11 is 1.69. The quantitative estimate of drug-likeness (QED) is 0.769. The average molecular weight is 196 g/mol. The summed E-state index contributed by atoms with van der Waals surface area (Å²) in [5.74, 6) is 0.525. The van der Waals surface area contributed by atoms with Crippen molar-refractivity contribution in [2.45, 2.75) is 38.7 Å². The van der Waals surface area contributed by atoms with Gasteiger partial charge in [0.2, 0.25) is 0 Å². The molecule has 1 atom stereocenters. The highest BCUT2D eigenvalue weighted by atomic mass is 32.1. The van der Waals surface area contributed by atoms with E-state index in [2.05, 4.69) is 18.4 Å². The number of thiophene rings is 1. The lowest BCUT2D eigenvalue weighted by Crippen LogP contribution is -2.08. The van der Waals surface area contributed by atoms with E-state index in [1.165, 1.54) is 36.1 Å². The van der Waals surface area contributed by atoms with Gasteiger partial charge in [0.15, 0.2) is 0 Å². The summed E-state index contributed by atoms with van der Waals surface area (Å²) in [5, 5.41) is 12.2. The highest BCUT2D eigenvalue weighted by Crippen LogP contribution is 2.38. The van der Waals surface area contributed by atoms with Crippen molar-refractivity contribution in [3.63, 3.8) is 0 Å². The Morgan fingerprint density at radius 3 is 2.69 bits per heavy atom. The molecule has 0 aliphatic heterocycles. The third-order valence-electron chi connectivity index (χ3n) is 3.02. The zero-order chi connectivity index (χ0) is 9.26. The van der Waals surface area contributed by atoms with Crippen LogP contribution in [0.3, 0.4) is 0 Å². The van der Waals surface area contributed by atoms with E-state index in [1.807, 2.05) is 0 Å². The molecular formula is C11H16OS. The number of rotatable bonds is 2. The van der Waals surface area contributed by atoms with Crippen molar-refractivity contribution < 1.29 is 5.11 Å². The molecule has 1 unspecified atom stereocenters. The molecule has 2 heteroatoms. The summed E-state index contributed by atoms with van der Waals surface area (Å²) in [6.45, 7) is 2.09. The average Bonchev–Trinajstić information content (AvgIpc) is 2.72. The monoisotopic (exact) mass is 196 g/mol. The van der Waals surface area contributed by atoms with Gasteiger partial charge in [-0.25, -0.2) is 0 Å². The molecule has 1 aromatic rings. The summed E-state index contributed by atoms with van der Waals surface area (Å²) in [6, 6.07) is 2.10. The SMILES string of the molecule is Cc1ccsc1C(O)C1CCCC1. The van der Waals surface area contributed by atoms with Crippen molar-refractivity contribution in [3.8, 4) is 0 Å². The van der Waals surface area contributed by atoms with Crippen molar-refractivity contribution in [1.82, 2.24) is 0 Å². The minimum absolute atomic E-state index is 0.192. The van der Waals surface area contributed by atoms with E-state index in [-0.39, 0.29) is 6.10 Å². The molecule has 0 spiro atoms. The molecule has 2 rings (SSSR count). The first kappa shape index (κ1) is 9.22. The predicted molar refractivity (Wildman–Crippen MR) is 56.0 cm³/mol. The number of aliphatic hydroxyl groups excluding tert-OH is 1. The van der Waals surface area contributed by atoms with E-state index < -0.39 is 0 Å². The maximum Gasteiger partial charge on any atom is 0.0912 e. The molecule has 1 aromatic heterocycles. The van der Waals surface area contributed by atoms with Gasteiger partial charge in [0.1, 0.15) is 0 Å². The van der Waals surface area contributed by atoms with Gasteiger partial charge in [-0.05, 0) is 42.7 Å². The van der Waals surface area contributed by atoms with Gasteiger partial charge in [-0.1, -0.05) is 12.8 Å². The van der Waals surface area contributed by atoms with Crippen LogP contribution in [0, 0.1) is 12.8 Å². The van der Waals surface area contributed by atoms with Gasteiger partial charge in [-0.15, -0.1) is 11.3 Å². The second-order valence-corrected chi connectivity index (χ2v) is 4.90. The highest BCUT2D eigenvalue weighted by Gasteiger charge is 2.25. The van der Waals surface area contributed by atoms with Gasteiger partial charge in [0.05, 0.1) is 6.10 Å². The topological polar surface area (TPSA) is 20.2 Å². The van der Waals surface area contributed by atoms with E-state index in [1.54, 1.807) is 11.3 Å². The Bertz CT molecular complexity index is 273. The summed E-state index contributed by atoms with van der Waals surface area (Å²) in [4.78, 5) is 1.19. The smallest absolute Gasteiger partial charge is 0.0912 e. The van der Waals surface area contributed by atoms with Crippen LogP contribution in [0.2, 0.25) is 0 Å². The molecule has 72 valence electrons. The van der Waals surface area contributed by atoms with E-state index in [4.69, 9.17) is 0 Å². The van der Waals surface area contributed by atoms with Gasteiger partial charge < -0.3 is 5.11 Å². The number of hydrogen-bond acceptors (Lipinski definition) is 2. The van der Waals surface area contributed by atoms with Gasteiger partial charge in [-0.2, -0.15) is 0 Å². The first-order chi connectivity index (χ1) is 6.29. The molecule has 1 aliphatic carbocycles. The molecule has 13 heavy (non-hydrogen) atoms. The summed E-state index contributed by atoms with van der Waals surface area (Å²) < 4.78 is 0. The molecule has 1 aliphatic rings. The zero-order valence-electron chi connectivity index (χ0n) is 7.99. The fourth-order valence-corrected chi connectivity index (χ4v) is 3.18. The molecule has 0 saturated heterocycles. The fourth-order valence-electron chi connectivity index (χ4n) is 2.17. The normalized spacial score (nSPS) is 20.8. The second kappa shape index (κ2) is 3.81. The Kier molecular flexibility index (Phi) is 2.70. The van der Waals surface area contributed by atoms with Crippen LogP contribution in [0.5, 0.6) is 0 Å². The molecule has 0 amide bonds. The summed E-state index contributed by atoms with van der Waals surface area (Å²) in [5.41, 5.74) is 1.25. The summed E-state index contributed by atoms with van der Waals surface area (Å²) in [7, 11) is 0. The lowest BCUT2D eigenvalue weighted by atomic mass is 9.98. The van der Waals surface area contributed by atoms with Crippen LogP contribution in [0.4, 0.5) is 0 Å². The van der Waals surface area contributed by atoms with Crippen LogP contribution in [0.15, 0.2) is 11.4 Å². The number of aryl methyl sites for hydroxylation is 1. The Labute approximate surface area is 83.4 Å². The maximum atomic E-state index is 10.1. The second-order valence-electron chi connectivity index (χ2n) is 3.96. The molecule has 1 N–H and O–H groups in total. The van der Waals surface area contributed by atoms with Gasteiger partial charge >= 0.3 is 0 Å². The molecule has 1 heterocycles. The van der Waals surface area contributed by atoms with Crippen LogP contribution in [-0.4, -0.2) is 5.11 Å². The first-order valence-corrected chi connectivity index (χ1v) is 5.89. The third-order valence-corrected chi connectivity index (χ3v) is 4.11. The van der Waals surface area contributed by atoms with Crippen LogP contribution in [0.1, 0.15) is 42.2 Å². The van der Waals surface area contributed by atoms with E-state index in [0.717, 1.165) is 0 Å². The maximum absolute atomic E-state index is 10.1. The lowest BCUT2D eigenvalue weighted by molar-refractivity contribution is 0.114. The molecule has 1 fully saturated rings. The number of aliphatic hydroxyl groups is 1. The van der Waals surface area contributed by atoms with Gasteiger partial charge in [0.25, 0.3) is 0 Å². The van der Waals surface area contributed by atoms with E-state index in [0.29, 0.717) is 5.92 Å². The Hall–Kier alpha value is -0.340. The predicted octanol–water partition coefficient (Wildman–Crippen LogP) is 3.28. The minimum atomic E-state index is -0.192. The van der Waals surface area contributed by atoms with Crippen molar-refractivity contribution in [3.05, 3.63) is 21.9 Å². The molecule has 0 bridgehead atoms. The molecule has 1 nitrogen and oxygen atoms in total.